The fraction of sp³-hybridized carbons (Fsp3) is 1.00. The molecule has 3 aliphatic rings. The summed E-state index contributed by atoms with van der Waals surface area (Å²) in [7, 11) is 0. The molecule has 0 aromatic heterocycles. The summed E-state index contributed by atoms with van der Waals surface area (Å²) >= 11 is 0. The molecule has 0 aromatic carbocycles. The topological polar surface area (TPSA) is 15.3 Å². The fourth-order valence-electron chi connectivity index (χ4n) is 3.90. The minimum atomic E-state index is 0.737. The third-order valence-electron chi connectivity index (χ3n) is 5.05. The van der Waals surface area contributed by atoms with Gasteiger partial charge < -0.3 is 5.32 Å². The Morgan fingerprint density at radius 1 is 1.11 bits per heavy atom. The number of nitrogens with one attached hydrogen (secondary N) is 1. The molecule has 2 unspecified atom stereocenters. The lowest BCUT2D eigenvalue weighted by molar-refractivity contribution is 0.0625. The summed E-state index contributed by atoms with van der Waals surface area (Å²) in [6.07, 6.45) is 7.37. The molecule has 1 aliphatic heterocycles. The van der Waals surface area contributed by atoms with Crippen LogP contribution >= 0.6 is 0 Å². The second-order valence-electron chi connectivity index (χ2n) is 7.45. The van der Waals surface area contributed by atoms with Gasteiger partial charge in [0.1, 0.15) is 0 Å². The molecule has 3 fully saturated rings. The highest BCUT2D eigenvalue weighted by Gasteiger charge is 2.46. The summed E-state index contributed by atoms with van der Waals surface area (Å²) in [5.41, 5.74) is 0. The van der Waals surface area contributed by atoms with E-state index in [0.717, 1.165) is 35.9 Å². The zero-order valence-corrected chi connectivity index (χ0v) is 12.4. The van der Waals surface area contributed by atoms with E-state index < -0.39 is 0 Å². The molecule has 0 spiro atoms. The lowest BCUT2D eigenvalue weighted by atomic mass is 9.96. The lowest BCUT2D eigenvalue weighted by Crippen LogP contribution is -2.59. The molecule has 2 atom stereocenters. The van der Waals surface area contributed by atoms with Crippen molar-refractivity contribution < 1.29 is 0 Å². The van der Waals surface area contributed by atoms with Crippen molar-refractivity contribution in [1.29, 1.82) is 0 Å². The van der Waals surface area contributed by atoms with Crippen LogP contribution in [0.25, 0.3) is 0 Å². The van der Waals surface area contributed by atoms with E-state index in [9.17, 15) is 0 Å². The summed E-state index contributed by atoms with van der Waals surface area (Å²) in [6, 6.07) is 2.43. The van der Waals surface area contributed by atoms with Crippen molar-refractivity contribution in [2.45, 2.75) is 71.0 Å². The van der Waals surface area contributed by atoms with E-state index in [0.29, 0.717) is 0 Å². The number of piperazine rings is 1. The van der Waals surface area contributed by atoms with Gasteiger partial charge in [0, 0.05) is 31.2 Å². The Morgan fingerprint density at radius 2 is 1.72 bits per heavy atom. The van der Waals surface area contributed by atoms with E-state index in [1.165, 1.54) is 45.2 Å². The van der Waals surface area contributed by atoms with E-state index in [1.54, 1.807) is 0 Å². The van der Waals surface area contributed by atoms with Crippen LogP contribution in [0.2, 0.25) is 0 Å². The standard InChI is InChI=1S/C16H30N2/c1-11(2)8-15-10-18(12(3)9-17-15)16(13-4-5-13)14-6-7-14/h11-17H,4-10H2,1-3H3. The van der Waals surface area contributed by atoms with Gasteiger partial charge in [0.25, 0.3) is 0 Å². The average Bonchev–Trinajstić information content (AvgIpc) is 3.15. The van der Waals surface area contributed by atoms with Crippen molar-refractivity contribution in [3.63, 3.8) is 0 Å². The molecule has 0 bridgehead atoms. The molecule has 0 radical (unpaired) electrons. The maximum atomic E-state index is 3.76. The van der Waals surface area contributed by atoms with E-state index in [4.69, 9.17) is 0 Å². The lowest BCUT2D eigenvalue weighted by Gasteiger charge is -2.44. The van der Waals surface area contributed by atoms with Gasteiger partial charge >= 0.3 is 0 Å². The van der Waals surface area contributed by atoms with Crippen molar-refractivity contribution in [3.8, 4) is 0 Å². The molecular weight excluding hydrogens is 220 g/mol. The van der Waals surface area contributed by atoms with Crippen LogP contribution in [-0.4, -0.2) is 36.1 Å². The van der Waals surface area contributed by atoms with Gasteiger partial charge in [-0.25, -0.2) is 0 Å². The van der Waals surface area contributed by atoms with Crippen LogP contribution in [0.1, 0.15) is 52.9 Å². The summed E-state index contributed by atoms with van der Waals surface area (Å²) in [5.74, 6) is 2.92. The Balaban J connectivity index is 1.64. The first kappa shape index (κ1) is 12.9. The van der Waals surface area contributed by atoms with Gasteiger partial charge in [-0.3, -0.25) is 4.90 Å². The smallest absolute Gasteiger partial charge is 0.0198 e. The monoisotopic (exact) mass is 250 g/mol. The van der Waals surface area contributed by atoms with Crippen molar-refractivity contribution in [2.24, 2.45) is 17.8 Å². The van der Waals surface area contributed by atoms with E-state index >= 15 is 0 Å². The highest BCUT2D eigenvalue weighted by atomic mass is 15.3. The number of nitrogens with zero attached hydrogens (tertiary/aromatic N) is 1. The molecule has 2 nitrogen and oxygen atoms in total. The van der Waals surface area contributed by atoms with Crippen LogP contribution in [0.3, 0.4) is 0 Å². The third kappa shape index (κ3) is 2.91. The van der Waals surface area contributed by atoms with Crippen molar-refractivity contribution in [2.75, 3.05) is 13.1 Å². The molecule has 0 amide bonds. The van der Waals surface area contributed by atoms with Crippen LogP contribution in [0.15, 0.2) is 0 Å². The number of hydrogen-bond donors (Lipinski definition) is 1. The number of hydrogen-bond acceptors (Lipinski definition) is 2. The molecule has 18 heavy (non-hydrogen) atoms. The SMILES string of the molecule is CC(C)CC1CN(C(C2CC2)C2CC2)C(C)CN1. The van der Waals surface area contributed by atoms with Crippen molar-refractivity contribution in [1.82, 2.24) is 10.2 Å². The van der Waals surface area contributed by atoms with Gasteiger partial charge in [0.15, 0.2) is 0 Å². The normalized spacial score (nSPS) is 34.5. The largest absolute Gasteiger partial charge is 0.311 e. The molecule has 1 N–H and O–H groups in total. The zero-order chi connectivity index (χ0) is 12.7. The molecule has 1 saturated heterocycles. The highest BCUT2D eigenvalue weighted by molar-refractivity contribution is 5.01. The zero-order valence-electron chi connectivity index (χ0n) is 12.4. The Bertz CT molecular complexity index is 269. The van der Waals surface area contributed by atoms with Crippen molar-refractivity contribution in [3.05, 3.63) is 0 Å². The fourth-order valence-corrected chi connectivity index (χ4v) is 3.90. The van der Waals surface area contributed by atoms with Gasteiger partial charge in [-0.05, 0) is 56.8 Å². The van der Waals surface area contributed by atoms with Crippen LogP contribution < -0.4 is 5.32 Å². The van der Waals surface area contributed by atoms with Gasteiger partial charge in [-0.15, -0.1) is 0 Å². The molecule has 2 heteroatoms. The summed E-state index contributed by atoms with van der Waals surface area (Å²) in [5, 5.41) is 3.76. The summed E-state index contributed by atoms with van der Waals surface area (Å²) in [6.45, 7) is 9.63. The molecule has 3 rings (SSSR count). The maximum absolute atomic E-state index is 3.76. The van der Waals surface area contributed by atoms with Gasteiger partial charge in [-0.1, -0.05) is 13.8 Å². The van der Waals surface area contributed by atoms with Crippen LogP contribution in [0, 0.1) is 17.8 Å². The third-order valence-corrected chi connectivity index (χ3v) is 5.05. The summed E-state index contributed by atoms with van der Waals surface area (Å²) in [4.78, 5) is 2.89. The van der Waals surface area contributed by atoms with E-state index in [1.807, 2.05) is 0 Å². The number of rotatable bonds is 5. The molecule has 2 saturated carbocycles. The molecular formula is C16H30N2. The summed E-state index contributed by atoms with van der Waals surface area (Å²) < 4.78 is 0. The van der Waals surface area contributed by atoms with E-state index in [-0.39, 0.29) is 0 Å². The van der Waals surface area contributed by atoms with Gasteiger partial charge in [0.05, 0.1) is 0 Å². The Kier molecular flexibility index (Phi) is 3.68. The Hall–Kier alpha value is -0.0800. The molecule has 104 valence electrons. The van der Waals surface area contributed by atoms with Crippen LogP contribution in [0.4, 0.5) is 0 Å². The second kappa shape index (κ2) is 5.13. The quantitative estimate of drug-likeness (QED) is 0.807. The second-order valence-corrected chi connectivity index (χ2v) is 7.45. The first-order valence-electron chi connectivity index (χ1n) is 8.14. The molecule has 2 aliphatic carbocycles. The Labute approximate surface area is 113 Å². The predicted octanol–water partition coefficient (Wildman–Crippen LogP) is 2.88. The average molecular weight is 250 g/mol. The first-order valence-corrected chi connectivity index (χ1v) is 8.14. The van der Waals surface area contributed by atoms with Crippen molar-refractivity contribution >= 4 is 0 Å². The maximum Gasteiger partial charge on any atom is 0.0198 e. The van der Waals surface area contributed by atoms with E-state index in [2.05, 4.69) is 31.0 Å². The van der Waals surface area contributed by atoms with Crippen LogP contribution in [-0.2, 0) is 0 Å². The molecule has 1 heterocycles. The van der Waals surface area contributed by atoms with Crippen LogP contribution in [0.5, 0.6) is 0 Å². The predicted molar refractivity (Wildman–Crippen MR) is 76.6 cm³/mol. The molecule has 0 aromatic rings. The van der Waals surface area contributed by atoms with Gasteiger partial charge in [0.2, 0.25) is 0 Å². The highest BCUT2D eigenvalue weighted by Crippen LogP contribution is 2.48. The minimum absolute atomic E-state index is 0.737. The van der Waals surface area contributed by atoms with Gasteiger partial charge in [-0.2, -0.15) is 0 Å². The minimum Gasteiger partial charge on any atom is -0.311 e. The first-order chi connectivity index (χ1) is 8.65. The Morgan fingerprint density at radius 3 is 2.22 bits per heavy atom.